The van der Waals surface area contributed by atoms with E-state index in [4.69, 9.17) is 18.6 Å². The summed E-state index contributed by atoms with van der Waals surface area (Å²) < 4.78 is 26.6. The summed E-state index contributed by atoms with van der Waals surface area (Å²) in [6.45, 7) is 15.8. The Morgan fingerprint density at radius 1 is 0.653 bits per heavy atom. The second-order valence-corrected chi connectivity index (χ2v) is 29.3. The average molecular weight is 1280 g/mol. The van der Waals surface area contributed by atoms with Crippen LogP contribution in [0, 0.1) is 60.8 Å². The van der Waals surface area contributed by atoms with E-state index in [1.54, 1.807) is 51.1 Å². The molecule has 1 radical (unpaired) electrons. The van der Waals surface area contributed by atoms with Gasteiger partial charge >= 0.3 is 11.9 Å². The number of fused-ring (bicyclic) bond motifs is 5. The van der Waals surface area contributed by atoms with Crippen molar-refractivity contribution in [3.63, 3.8) is 0 Å². The molecule has 10 nitrogen and oxygen atoms in total. The smallest absolute Gasteiger partial charge is 0.338 e. The quantitative estimate of drug-likeness (QED) is 0.0221. The van der Waals surface area contributed by atoms with E-state index in [-0.39, 0.29) is 75.5 Å². The minimum Gasteiger partial charge on any atom is -0.455 e. The molecule has 1 heterocycles. The molecule has 4 N–H and O–H groups in total. The molecule has 0 amide bonds. The van der Waals surface area contributed by atoms with Crippen LogP contribution in [-0.4, -0.2) is 95.1 Å². The molecule has 75 heavy (non-hydrogen) atoms. The van der Waals surface area contributed by atoms with Crippen LogP contribution in [0.3, 0.4) is 0 Å². The van der Waals surface area contributed by atoms with Crippen LogP contribution in [0.5, 0.6) is 0 Å². The van der Waals surface area contributed by atoms with Crippen molar-refractivity contribution in [2.75, 3.05) is 6.61 Å². The van der Waals surface area contributed by atoms with Gasteiger partial charge in [0.2, 0.25) is 0 Å². The monoisotopic (exact) mass is 1280 g/mol. The van der Waals surface area contributed by atoms with E-state index in [2.05, 4.69) is 27.7 Å². The Labute approximate surface area is 493 Å². The van der Waals surface area contributed by atoms with Crippen molar-refractivity contribution in [3.05, 3.63) is 47.0 Å². The zero-order valence-electron chi connectivity index (χ0n) is 48.8. The number of benzene rings is 1. The summed E-state index contributed by atoms with van der Waals surface area (Å²) in [7, 11) is -2.43. The molecule has 4 aliphatic rings. The minimum absolute atomic E-state index is 0. The van der Waals surface area contributed by atoms with E-state index in [9.17, 15) is 30.0 Å². The Morgan fingerprint density at radius 2 is 1.09 bits per heavy atom. The van der Waals surface area contributed by atoms with Gasteiger partial charge in [0.1, 0.15) is 23.4 Å². The second kappa shape index (κ2) is 32.7. The largest absolute Gasteiger partial charge is 0.455 e. The summed E-state index contributed by atoms with van der Waals surface area (Å²) in [6, 6.07) is 11.0. The Kier molecular flexibility index (Phi) is 29.1. The normalized spacial score (nSPS) is 29.0. The number of carbonyl (C=O) groups excluding carboxylic acids is 2. The SMILES string of the molecule is CCCCCCCCCCCCCCCCCCCCCCCCCCCCCC(=O)O[C@@H]1C2=C(C)[C@@H](O)C[C@@](O)([C@@H](OC(=O)c3ccccc3)[C@@H]3[C@]4(O)CO[C@@H]4C[C@H](O[Si](CC)(CC)CC)[C@@]3(C)[C@@H]1O)C2(C)C.[Ac]. The van der Waals surface area contributed by atoms with Crippen molar-refractivity contribution >= 4 is 20.3 Å². The molecule has 0 unspecified atom stereocenters. The average Bonchev–Trinajstić information content (AvgIpc) is 3.38. The van der Waals surface area contributed by atoms with Gasteiger partial charge in [-0.05, 0) is 54.8 Å². The van der Waals surface area contributed by atoms with Gasteiger partial charge in [0, 0.05) is 80.1 Å². The van der Waals surface area contributed by atoms with E-state index in [1.165, 1.54) is 148 Å². The molecule has 3 fully saturated rings. The van der Waals surface area contributed by atoms with Crippen LogP contribution in [0.1, 0.15) is 258 Å². The Balaban J connectivity index is 0.0000122. The molecule has 0 spiro atoms. The molecule has 3 aliphatic carbocycles. The zero-order chi connectivity index (χ0) is 53.8. The number of hydrogen-bond donors (Lipinski definition) is 4. The Bertz CT molecular complexity index is 1830. The molecule has 1 aromatic rings. The van der Waals surface area contributed by atoms with Crippen LogP contribution >= 0.6 is 0 Å². The van der Waals surface area contributed by atoms with E-state index in [1.807, 2.05) is 6.92 Å². The first-order valence-corrected chi connectivity index (χ1v) is 33.3. The topological polar surface area (TPSA) is 152 Å². The predicted octanol–water partition coefficient (Wildman–Crippen LogP) is 14.8. The fourth-order valence-corrected chi connectivity index (χ4v) is 16.9. The third kappa shape index (κ3) is 17.0. The van der Waals surface area contributed by atoms with Crippen LogP contribution in [0.25, 0.3) is 0 Å². The van der Waals surface area contributed by atoms with Gasteiger partial charge in [0.05, 0.1) is 30.5 Å². The Morgan fingerprint density at radius 3 is 1.51 bits per heavy atom. The zero-order valence-corrected chi connectivity index (χ0v) is 54.5. The maximum absolute atomic E-state index is 14.3. The molecular formula is C63H108AcO10Si. The molecule has 2 saturated carbocycles. The number of rotatable bonds is 36. The van der Waals surface area contributed by atoms with Crippen LogP contribution in [0.2, 0.25) is 18.1 Å². The third-order valence-electron chi connectivity index (χ3n) is 19.4. The molecular weight excluding hydrogens is 1170 g/mol. The summed E-state index contributed by atoms with van der Waals surface area (Å²) in [5.74, 6) is -2.31. The summed E-state index contributed by atoms with van der Waals surface area (Å²) in [4.78, 5) is 28.4. The minimum atomic E-state index is -2.43. The second-order valence-electron chi connectivity index (χ2n) is 24.6. The third-order valence-corrected chi connectivity index (χ3v) is 24.0. The molecule has 5 rings (SSSR count). The van der Waals surface area contributed by atoms with Gasteiger partial charge in [0.25, 0.3) is 0 Å². The maximum Gasteiger partial charge on any atom is 0.338 e. The number of unbranched alkanes of at least 4 members (excludes halogenated alkanes) is 26. The van der Waals surface area contributed by atoms with Crippen molar-refractivity contribution in [2.24, 2.45) is 16.7 Å². The van der Waals surface area contributed by atoms with Crippen molar-refractivity contribution in [2.45, 2.75) is 314 Å². The fourth-order valence-electron chi connectivity index (χ4n) is 14.0. The predicted molar refractivity (Wildman–Crippen MR) is 302 cm³/mol. The summed E-state index contributed by atoms with van der Waals surface area (Å²) in [6.07, 6.45) is 28.9. The molecule has 2 bridgehead atoms. The van der Waals surface area contributed by atoms with E-state index in [0.29, 0.717) is 17.6 Å². The number of esters is 2. The molecule has 427 valence electrons. The van der Waals surface area contributed by atoms with Crippen LogP contribution < -0.4 is 0 Å². The van der Waals surface area contributed by atoms with E-state index in [0.717, 1.165) is 37.4 Å². The molecule has 1 aliphatic heterocycles. The van der Waals surface area contributed by atoms with Crippen LogP contribution in [0.4, 0.5) is 0 Å². The van der Waals surface area contributed by atoms with Gasteiger partial charge in [-0.2, -0.15) is 0 Å². The summed E-state index contributed by atoms with van der Waals surface area (Å²) in [5, 5.41) is 51.7. The fraction of sp³-hybridized carbons (Fsp3) is 0.841. The van der Waals surface area contributed by atoms with Gasteiger partial charge in [-0.15, -0.1) is 0 Å². The molecule has 1 saturated heterocycles. The van der Waals surface area contributed by atoms with E-state index < -0.39 is 84.8 Å². The van der Waals surface area contributed by atoms with Crippen molar-refractivity contribution in [1.82, 2.24) is 0 Å². The van der Waals surface area contributed by atoms with Crippen LogP contribution in [0.15, 0.2) is 41.5 Å². The first kappa shape index (κ1) is 66.8. The molecule has 1 aromatic carbocycles. The summed E-state index contributed by atoms with van der Waals surface area (Å²) in [5.41, 5.74) is -5.25. The first-order valence-electron chi connectivity index (χ1n) is 30.8. The van der Waals surface area contributed by atoms with E-state index >= 15 is 0 Å². The molecule has 12 heteroatoms. The summed E-state index contributed by atoms with van der Waals surface area (Å²) >= 11 is 0. The van der Waals surface area contributed by atoms with Gasteiger partial charge in [-0.1, -0.05) is 234 Å². The van der Waals surface area contributed by atoms with Crippen molar-refractivity contribution in [1.29, 1.82) is 0 Å². The number of hydrogen-bond acceptors (Lipinski definition) is 10. The van der Waals surface area contributed by atoms with Gasteiger partial charge in [-0.3, -0.25) is 4.79 Å². The maximum atomic E-state index is 14.3. The number of ether oxygens (including phenoxy) is 3. The Hall–Kier alpha value is -0.682. The number of aliphatic hydroxyl groups excluding tert-OH is 2. The standard InChI is InChI=1S/C63H108O10Si.Ac/c1-9-13-14-15-16-17-18-19-20-21-22-23-24-25-26-27-28-29-30-31-32-33-34-35-36-37-41-44-53(65)71-55-54-48(5)50(64)46-63(69,60(54,6)7)58(72-59(67)49-42-39-38-40-43-49)56-61(8,57(55)66)51(45-52-62(56,68)47-70-52)73-74(10-2,11-3)12-4;/h38-40,42-43,50-52,55-58,64,66,68-69H,9-37,41,44-47H2,1-8H3;/t50-,51-,52+,55+,56-,57+,58-,61+,62-,63+;/m0./s1. The van der Waals surface area contributed by atoms with Gasteiger partial charge < -0.3 is 39.1 Å². The van der Waals surface area contributed by atoms with Crippen molar-refractivity contribution < 1.29 is 92.7 Å². The van der Waals surface area contributed by atoms with Crippen LogP contribution in [-0.2, 0) is 23.4 Å². The molecule has 0 aromatic heterocycles. The van der Waals surface area contributed by atoms with Gasteiger partial charge in [-0.25, -0.2) is 4.79 Å². The van der Waals surface area contributed by atoms with Crippen molar-refractivity contribution in [3.8, 4) is 0 Å². The first-order chi connectivity index (χ1) is 35.5. The molecule has 10 atom stereocenters. The van der Waals surface area contributed by atoms with Gasteiger partial charge in [0.15, 0.2) is 14.4 Å². The number of aliphatic hydroxyl groups is 4. The number of carbonyl (C=O) groups is 2.